The van der Waals surface area contributed by atoms with Crippen molar-refractivity contribution >= 4 is 0 Å². The molecule has 1 saturated heterocycles. The number of rotatable bonds is 3. The average molecular weight is 275 g/mol. The zero-order chi connectivity index (χ0) is 14.0. The van der Waals surface area contributed by atoms with Crippen LogP contribution in [0.2, 0.25) is 0 Å². The van der Waals surface area contributed by atoms with Gasteiger partial charge in [-0.25, -0.2) is 0 Å². The van der Waals surface area contributed by atoms with Gasteiger partial charge in [0.15, 0.2) is 0 Å². The summed E-state index contributed by atoms with van der Waals surface area (Å²) < 4.78 is 5.21. The molecule has 0 spiro atoms. The summed E-state index contributed by atoms with van der Waals surface area (Å²) in [6.07, 6.45) is 6.49. The van der Waals surface area contributed by atoms with E-state index in [2.05, 4.69) is 17.4 Å². The third-order valence-corrected chi connectivity index (χ3v) is 5.13. The van der Waals surface area contributed by atoms with Gasteiger partial charge in [0, 0.05) is 12.0 Å². The van der Waals surface area contributed by atoms with Gasteiger partial charge in [-0.15, -0.1) is 0 Å². The highest BCUT2D eigenvalue weighted by molar-refractivity contribution is 5.28. The van der Waals surface area contributed by atoms with E-state index < -0.39 is 5.60 Å². The maximum absolute atomic E-state index is 10.9. The second kappa shape index (κ2) is 5.74. The molecule has 3 atom stereocenters. The molecule has 1 aromatic rings. The predicted octanol–water partition coefficient (Wildman–Crippen LogP) is 2.52. The van der Waals surface area contributed by atoms with Crippen molar-refractivity contribution in [2.75, 3.05) is 13.7 Å². The molecule has 1 aliphatic carbocycles. The van der Waals surface area contributed by atoms with Crippen LogP contribution in [0.15, 0.2) is 24.3 Å². The maximum Gasteiger partial charge on any atom is 0.118 e. The Kier molecular flexibility index (Phi) is 3.99. The number of hydrogen-bond acceptors (Lipinski definition) is 3. The Bertz CT molecular complexity index is 441. The highest BCUT2D eigenvalue weighted by Crippen LogP contribution is 2.41. The first-order valence-electron chi connectivity index (χ1n) is 7.80. The van der Waals surface area contributed by atoms with Crippen molar-refractivity contribution in [3.05, 3.63) is 29.8 Å². The van der Waals surface area contributed by atoms with E-state index in [4.69, 9.17) is 4.74 Å². The van der Waals surface area contributed by atoms with Crippen LogP contribution in [0.5, 0.6) is 5.75 Å². The smallest absolute Gasteiger partial charge is 0.118 e. The van der Waals surface area contributed by atoms with Crippen molar-refractivity contribution in [1.29, 1.82) is 0 Å². The summed E-state index contributed by atoms with van der Waals surface area (Å²) in [5.74, 6) is 1.31. The van der Waals surface area contributed by atoms with Crippen LogP contribution in [0.3, 0.4) is 0 Å². The van der Waals surface area contributed by atoms with Crippen molar-refractivity contribution < 1.29 is 9.84 Å². The minimum absolute atomic E-state index is 0.405. The number of fused-ring (bicyclic) bond motifs is 1. The van der Waals surface area contributed by atoms with Crippen LogP contribution in [0.1, 0.15) is 37.7 Å². The second-order valence-electron chi connectivity index (χ2n) is 6.32. The fraction of sp³-hybridized carbons (Fsp3) is 0.647. The molecule has 3 rings (SSSR count). The Morgan fingerprint density at radius 3 is 2.80 bits per heavy atom. The van der Waals surface area contributed by atoms with Crippen LogP contribution in [0, 0.1) is 5.92 Å². The molecule has 3 heteroatoms. The lowest BCUT2D eigenvalue weighted by Gasteiger charge is -2.48. The van der Waals surface area contributed by atoms with Gasteiger partial charge in [-0.05, 0) is 49.9 Å². The Hall–Kier alpha value is -1.06. The standard InChI is InChI=1S/C17H25NO2/c1-20-14-7-5-13(6-8-14)12-16-15-4-2-3-9-17(15,19)10-11-18-16/h5-8,15-16,18-19H,2-4,9-12H2,1H3/t15-,16+,17-/m1/s1. The van der Waals surface area contributed by atoms with E-state index in [1.54, 1.807) is 7.11 Å². The van der Waals surface area contributed by atoms with Crippen molar-refractivity contribution in [2.45, 2.75) is 50.2 Å². The minimum atomic E-state index is -0.416. The van der Waals surface area contributed by atoms with Crippen molar-refractivity contribution in [3.8, 4) is 5.75 Å². The van der Waals surface area contributed by atoms with E-state index in [1.165, 1.54) is 18.4 Å². The number of nitrogens with one attached hydrogen (secondary N) is 1. The van der Waals surface area contributed by atoms with Gasteiger partial charge in [0.05, 0.1) is 12.7 Å². The molecule has 1 aromatic carbocycles. The van der Waals surface area contributed by atoms with E-state index in [0.29, 0.717) is 12.0 Å². The molecule has 0 amide bonds. The molecule has 1 saturated carbocycles. The van der Waals surface area contributed by atoms with Crippen molar-refractivity contribution in [2.24, 2.45) is 5.92 Å². The summed E-state index contributed by atoms with van der Waals surface area (Å²) in [4.78, 5) is 0. The van der Waals surface area contributed by atoms with Gasteiger partial charge in [-0.2, -0.15) is 0 Å². The molecule has 2 N–H and O–H groups in total. The molecule has 2 aliphatic rings. The maximum atomic E-state index is 10.9. The lowest BCUT2D eigenvalue weighted by Crippen LogP contribution is -2.58. The van der Waals surface area contributed by atoms with E-state index >= 15 is 0 Å². The first kappa shape index (κ1) is 13.9. The van der Waals surface area contributed by atoms with Gasteiger partial charge in [-0.3, -0.25) is 0 Å². The van der Waals surface area contributed by atoms with E-state index in [-0.39, 0.29) is 0 Å². The minimum Gasteiger partial charge on any atom is -0.497 e. The van der Waals surface area contributed by atoms with Crippen molar-refractivity contribution in [1.82, 2.24) is 5.32 Å². The summed E-state index contributed by atoms with van der Waals surface area (Å²) in [5, 5.41) is 14.5. The molecule has 0 aromatic heterocycles. The third-order valence-electron chi connectivity index (χ3n) is 5.13. The Morgan fingerprint density at radius 2 is 2.05 bits per heavy atom. The number of aliphatic hydroxyl groups is 1. The Labute approximate surface area is 121 Å². The van der Waals surface area contributed by atoms with E-state index in [9.17, 15) is 5.11 Å². The molecule has 0 bridgehead atoms. The van der Waals surface area contributed by atoms with Crippen LogP contribution in [-0.4, -0.2) is 30.4 Å². The molecule has 1 aliphatic heterocycles. The molecule has 0 radical (unpaired) electrons. The first-order chi connectivity index (χ1) is 9.71. The monoisotopic (exact) mass is 275 g/mol. The largest absolute Gasteiger partial charge is 0.497 e. The predicted molar refractivity (Wildman–Crippen MR) is 80.0 cm³/mol. The molecular formula is C17H25NO2. The van der Waals surface area contributed by atoms with E-state index in [1.807, 2.05) is 12.1 Å². The zero-order valence-corrected chi connectivity index (χ0v) is 12.3. The molecule has 0 unspecified atom stereocenters. The van der Waals surface area contributed by atoms with Gasteiger partial charge in [0.2, 0.25) is 0 Å². The van der Waals surface area contributed by atoms with Crippen LogP contribution >= 0.6 is 0 Å². The van der Waals surface area contributed by atoms with Crippen LogP contribution < -0.4 is 10.1 Å². The lowest BCUT2D eigenvalue weighted by atomic mass is 9.67. The Morgan fingerprint density at radius 1 is 1.25 bits per heavy atom. The van der Waals surface area contributed by atoms with Gasteiger partial charge in [0.25, 0.3) is 0 Å². The molecule has 2 fully saturated rings. The summed E-state index contributed by atoms with van der Waals surface area (Å²) >= 11 is 0. The highest BCUT2D eigenvalue weighted by atomic mass is 16.5. The fourth-order valence-corrected chi connectivity index (χ4v) is 3.98. The number of hydrogen-bond donors (Lipinski definition) is 2. The van der Waals surface area contributed by atoms with Crippen molar-refractivity contribution in [3.63, 3.8) is 0 Å². The fourth-order valence-electron chi connectivity index (χ4n) is 3.98. The average Bonchev–Trinajstić information content (AvgIpc) is 2.48. The summed E-state index contributed by atoms with van der Waals surface area (Å²) in [6, 6.07) is 8.72. The molecule has 3 nitrogen and oxygen atoms in total. The molecule has 1 heterocycles. The topological polar surface area (TPSA) is 41.5 Å². The van der Waals surface area contributed by atoms with Gasteiger partial charge < -0.3 is 15.2 Å². The summed E-state index contributed by atoms with van der Waals surface area (Å²) in [5.41, 5.74) is 0.902. The second-order valence-corrected chi connectivity index (χ2v) is 6.32. The number of piperidine rings is 1. The van der Waals surface area contributed by atoms with Crippen LogP contribution in [-0.2, 0) is 6.42 Å². The molecule has 110 valence electrons. The summed E-state index contributed by atoms with van der Waals surface area (Å²) in [7, 11) is 1.69. The SMILES string of the molecule is COc1ccc(C[C@@H]2NCC[C@]3(O)CCCC[C@H]23)cc1. The number of ether oxygens (including phenoxy) is 1. The molecular weight excluding hydrogens is 250 g/mol. The molecule has 20 heavy (non-hydrogen) atoms. The van der Waals surface area contributed by atoms with Crippen LogP contribution in [0.4, 0.5) is 0 Å². The number of benzene rings is 1. The first-order valence-corrected chi connectivity index (χ1v) is 7.80. The summed E-state index contributed by atoms with van der Waals surface area (Å²) in [6.45, 7) is 0.938. The number of methoxy groups -OCH3 is 1. The van der Waals surface area contributed by atoms with Gasteiger partial charge >= 0.3 is 0 Å². The quantitative estimate of drug-likeness (QED) is 0.890. The van der Waals surface area contributed by atoms with Gasteiger partial charge in [0.1, 0.15) is 5.75 Å². The van der Waals surface area contributed by atoms with E-state index in [0.717, 1.165) is 38.0 Å². The van der Waals surface area contributed by atoms with Crippen LogP contribution in [0.25, 0.3) is 0 Å². The zero-order valence-electron chi connectivity index (χ0n) is 12.3. The lowest BCUT2D eigenvalue weighted by molar-refractivity contribution is -0.0850. The third kappa shape index (κ3) is 2.70. The normalized spacial score (nSPS) is 33.5. The Balaban J connectivity index is 1.71. The van der Waals surface area contributed by atoms with Gasteiger partial charge in [-0.1, -0.05) is 25.0 Å². The highest BCUT2D eigenvalue weighted by Gasteiger charge is 2.45.